The second kappa shape index (κ2) is 12.6. The van der Waals surface area contributed by atoms with E-state index in [-0.39, 0.29) is 30.7 Å². The molecule has 3 rings (SSSR count). The number of nitrogens with one attached hydrogen (secondary N) is 2. The van der Waals surface area contributed by atoms with Crippen LogP contribution >= 0.6 is 0 Å². The van der Waals surface area contributed by atoms with E-state index in [9.17, 15) is 14.4 Å². The van der Waals surface area contributed by atoms with Gasteiger partial charge in [0.05, 0.1) is 6.42 Å². The molecule has 174 valence electrons. The number of rotatable bonds is 8. The average molecular weight is 449 g/mol. The van der Waals surface area contributed by atoms with Crippen LogP contribution < -0.4 is 10.6 Å². The molecule has 0 radical (unpaired) electrons. The van der Waals surface area contributed by atoms with E-state index in [0.29, 0.717) is 5.69 Å². The first-order chi connectivity index (χ1) is 16.0. The molecule has 1 fully saturated rings. The maximum atomic E-state index is 13.0. The van der Waals surface area contributed by atoms with Gasteiger partial charge in [-0.1, -0.05) is 74.6 Å². The SMILES string of the molecule is O=C(O)CCC(=O)Nc1cccc(/C(=C\C(=O)NC2CCCCCCC2)c2ccccc2)c1. The predicted octanol–water partition coefficient (Wildman–Crippen LogP) is 5.15. The topological polar surface area (TPSA) is 95.5 Å². The second-order valence-corrected chi connectivity index (χ2v) is 8.50. The van der Waals surface area contributed by atoms with Gasteiger partial charge < -0.3 is 15.7 Å². The molecule has 6 heteroatoms. The van der Waals surface area contributed by atoms with Gasteiger partial charge in [-0.25, -0.2) is 0 Å². The third kappa shape index (κ3) is 8.22. The number of carboxylic acid groups (broad SMARTS) is 1. The van der Waals surface area contributed by atoms with Crippen molar-refractivity contribution in [2.75, 3.05) is 5.32 Å². The lowest BCUT2D eigenvalue weighted by Gasteiger charge is -2.20. The molecule has 0 atom stereocenters. The number of hydrogen-bond acceptors (Lipinski definition) is 3. The number of benzene rings is 2. The Labute approximate surface area is 195 Å². The lowest BCUT2D eigenvalue weighted by molar-refractivity contribution is -0.138. The van der Waals surface area contributed by atoms with E-state index in [1.54, 1.807) is 18.2 Å². The molecule has 2 aromatic rings. The zero-order valence-electron chi connectivity index (χ0n) is 18.9. The van der Waals surface area contributed by atoms with Gasteiger partial charge in [-0.05, 0) is 41.7 Å². The molecule has 1 aliphatic rings. The molecular formula is C27H32N2O4. The number of anilines is 1. The minimum Gasteiger partial charge on any atom is -0.481 e. The van der Waals surface area contributed by atoms with Crippen LogP contribution in [0, 0.1) is 0 Å². The summed E-state index contributed by atoms with van der Waals surface area (Å²) >= 11 is 0. The van der Waals surface area contributed by atoms with Crippen molar-refractivity contribution in [3.05, 3.63) is 71.8 Å². The first-order valence-electron chi connectivity index (χ1n) is 11.7. The van der Waals surface area contributed by atoms with E-state index >= 15 is 0 Å². The zero-order valence-corrected chi connectivity index (χ0v) is 18.9. The molecule has 0 spiro atoms. The Morgan fingerprint density at radius 3 is 2.21 bits per heavy atom. The molecule has 0 aliphatic heterocycles. The fourth-order valence-electron chi connectivity index (χ4n) is 4.13. The molecule has 2 amide bonds. The van der Waals surface area contributed by atoms with E-state index in [4.69, 9.17) is 5.11 Å². The van der Waals surface area contributed by atoms with Crippen LogP contribution in [0.15, 0.2) is 60.7 Å². The number of aliphatic carboxylic acids is 1. The van der Waals surface area contributed by atoms with E-state index in [2.05, 4.69) is 10.6 Å². The summed E-state index contributed by atoms with van der Waals surface area (Å²) in [5.74, 6) is -1.49. The quantitative estimate of drug-likeness (QED) is 0.487. The van der Waals surface area contributed by atoms with Crippen LogP contribution in [0.2, 0.25) is 0 Å². The van der Waals surface area contributed by atoms with Gasteiger partial charge in [0, 0.05) is 24.2 Å². The fourth-order valence-corrected chi connectivity index (χ4v) is 4.13. The van der Waals surface area contributed by atoms with Gasteiger partial charge >= 0.3 is 5.97 Å². The number of carbonyl (C=O) groups excluding carboxylic acids is 2. The maximum Gasteiger partial charge on any atom is 0.303 e. The van der Waals surface area contributed by atoms with Crippen molar-refractivity contribution in [2.24, 2.45) is 0 Å². The number of carbonyl (C=O) groups is 3. The highest BCUT2D eigenvalue weighted by atomic mass is 16.4. The maximum absolute atomic E-state index is 13.0. The summed E-state index contributed by atoms with van der Waals surface area (Å²) in [6, 6.07) is 17.1. The molecular weight excluding hydrogens is 416 g/mol. The van der Waals surface area contributed by atoms with E-state index in [1.165, 1.54) is 19.3 Å². The highest BCUT2D eigenvalue weighted by Crippen LogP contribution is 2.26. The standard InChI is InChI=1S/C27H32N2O4/c30-25(16-17-27(32)33)29-23-15-9-12-21(18-23)24(20-10-5-4-6-11-20)19-26(31)28-22-13-7-2-1-3-8-14-22/h4-6,9-12,15,18-19,22H,1-3,7-8,13-14,16-17H2,(H,28,31)(H,29,30)(H,32,33)/b24-19-. The lowest BCUT2D eigenvalue weighted by atomic mass is 9.95. The number of hydrogen-bond donors (Lipinski definition) is 3. The van der Waals surface area contributed by atoms with Crippen LogP contribution in [0.3, 0.4) is 0 Å². The summed E-state index contributed by atoms with van der Waals surface area (Å²) in [4.78, 5) is 35.7. The van der Waals surface area contributed by atoms with Gasteiger partial charge in [-0.15, -0.1) is 0 Å². The van der Waals surface area contributed by atoms with Gasteiger partial charge in [0.1, 0.15) is 0 Å². The molecule has 3 N–H and O–H groups in total. The van der Waals surface area contributed by atoms with Crippen LogP contribution in [0.25, 0.3) is 5.57 Å². The van der Waals surface area contributed by atoms with Crippen LogP contribution in [-0.2, 0) is 14.4 Å². The zero-order chi connectivity index (χ0) is 23.5. The van der Waals surface area contributed by atoms with Crippen LogP contribution in [0.4, 0.5) is 5.69 Å². The summed E-state index contributed by atoms with van der Waals surface area (Å²) in [6.45, 7) is 0. The largest absolute Gasteiger partial charge is 0.481 e. The minimum atomic E-state index is -1.01. The Morgan fingerprint density at radius 1 is 0.848 bits per heavy atom. The van der Waals surface area contributed by atoms with Crippen molar-refractivity contribution in [3.63, 3.8) is 0 Å². The van der Waals surface area contributed by atoms with Crippen LogP contribution in [0.1, 0.15) is 68.9 Å². The molecule has 0 bridgehead atoms. The van der Waals surface area contributed by atoms with Gasteiger partial charge in [0.25, 0.3) is 0 Å². The third-order valence-electron chi connectivity index (χ3n) is 5.84. The summed E-state index contributed by atoms with van der Waals surface area (Å²) in [5.41, 5.74) is 3.02. The molecule has 0 aromatic heterocycles. The first kappa shape index (κ1) is 24.2. The molecule has 1 aliphatic carbocycles. The highest BCUT2D eigenvalue weighted by Gasteiger charge is 2.15. The molecule has 2 aromatic carbocycles. The Balaban J connectivity index is 1.80. The number of amides is 2. The van der Waals surface area contributed by atoms with Gasteiger partial charge in [0.2, 0.25) is 11.8 Å². The first-order valence-corrected chi connectivity index (χ1v) is 11.7. The molecule has 0 unspecified atom stereocenters. The van der Waals surface area contributed by atoms with Crippen molar-refractivity contribution >= 4 is 29.0 Å². The van der Waals surface area contributed by atoms with Gasteiger partial charge in [-0.2, -0.15) is 0 Å². The van der Waals surface area contributed by atoms with Crippen molar-refractivity contribution < 1.29 is 19.5 Å². The molecule has 0 saturated heterocycles. The summed E-state index contributed by atoms with van der Waals surface area (Å²) in [7, 11) is 0. The van der Waals surface area contributed by atoms with Crippen LogP contribution in [0.5, 0.6) is 0 Å². The van der Waals surface area contributed by atoms with Crippen molar-refractivity contribution in [1.82, 2.24) is 5.32 Å². The van der Waals surface area contributed by atoms with Gasteiger partial charge in [-0.3, -0.25) is 14.4 Å². The monoisotopic (exact) mass is 448 g/mol. The third-order valence-corrected chi connectivity index (χ3v) is 5.84. The summed E-state index contributed by atoms with van der Waals surface area (Å²) in [6.07, 6.45) is 9.36. The van der Waals surface area contributed by atoms with Crippen molar-refractivity contribution in [2.45, 2.75) is 63.8 Å². The minimum absolute atomic E-state index is 0.0925. The predicted molar refractivity (Wildman–Crippen MR) is 130 cm³/mol. The van der Waals surface area contributed by atoms with Crippen molar-refractivity contribution in [3.8, 4) is 0 Å². The average Bonchev–Trinajstić information content (AvgIpc) is 2.78. The van der Waals surface area contributed by atoms with Crippen molar-refractivity contribution in [1.29, 1.82) is 0 Å². The Morgan fingerprint density at radius 2 is 1.52 bits per heavy atom. The van der Waals surface area contributed by atoms with Crippen LogP contribution in [-0.4, -0.2) is 28.9 Å². The Kier molecular flexibility index (Phi) is 9.24. The molecule has 33 heavy (non-hydrogen) atoms. The lowest BCUT2D eigenvalue weighted by Crippen LogP contribution is -2.34. The van der Waals surface area contributed by atoms with E-state index in [1.807, 2.05) is 42.5 Å². The number of carboxylic acids is 1. The van der Waals surface area contributed by atoms with E-state index < -0.39 is 5.97 Å². The summed E-state index contributed by atoms with van der Waals surface area (Å²) < 4.78 is 0. The van der Waals surface area contributed by atoms with E-state index in [0.717, 1.165) is 42.4 Å². The fraction of sp³-hybridized carbons (Fsp3) is 0.370. The molecule has 0 heterocycles. The smallest absolute Gasteiger partial charge is 0.303 e. The normalized spacial score (nSPS) is 15.2. The Bertz CT molecular complexity index is 977. The second-order valence-electron chi connectivity index (χ2n) is 8.50. The summed E-state index contributed by atoms with van der Waals surface area (Å²) in [5, 5.41) is 14.7. The molecule has 6 nitrogen and oxygen atoms in total. The Hall–Kier alpha value is -3.41. The molecule has 1 saturated carbocycles. The van der Waals surface area contributed by atoms with Gasteiger partial charge in [0.15, 0.2) is 0 Å². The highest BCUT2D eigenvalue weighted by molar-refractivity contribution is 6.00.